The minimum atomic E-state index is -0.347. The maximum atomic E-state index is 13.6. The molecular formula is C24H17FN2. The Morgan fingerprint density at radius 2 is 1.74 bits per heavy atom. The molecule has 0 amide bonds. The number of allylic oxidation sites excluding steroid dienone is 1. The van der Waals surface area contributed by atoms with Gasteiger partial charge < -0.3 is 4.57 Å². The number of rotatable bonds is 4. The topological polar surface area (TPSA) is 28.7 Å². The van der Waals surface area contributed by atoms with E-state index in [4.69, 9.17) is 0 Å². The van der Waals surface area contributed by atoms with Crippen LogP contribution in [0.25, 0.3) is 22.6 Å². The molecule has 0 fully saturated rings. The molecule has 1 heterocycles. The average molecular weight is 352 g/mol. The van der Waals surface area contributed by atoms with Gasteiger partial charge in [-0.1, -0.05) is 60.7 Å². The number of aromatic nitrogens is 1. The smallest absolute Gasteiger partial charge is 0.123 e. The lowest BCUT2D eigenvalue weighted by atomic mass is 10.0. The minimum absolute atomic E-state index is 0.347. The number of hydrogen-bond donors (Lipinski definition) is 0. The van der Waals surface area contributed by atoms with Crippen LogP contribution in [0.2, 0.25) is 0 Å². The van der Waals surface area contributed by atoms with Gasteiger partial charge in [-0.05, 0) is 35.4 Å². The number of halogens is 1. The maximum absolute atomic E-state index is 13.6. The Morgan fingerprint density at radius 1 is 0.963 bits per heavy atom. The van der Waals surface area contributed by atoms with Crippen LogP contribution < -0.4 is 0 Å². The lowest BCUT2D eigenvalue weighted by molar-refractivity contribution is 0.627. The Balaban J connectivity index is 1.81. The van der Waals surface area contributed by atoms with Crippen LogP contribution in [-0.2, 0) is 6.54 Å². The molecule has 130 valence electrons. The van der Waals surface area contributed by atoms with Crippen LogP contribution >= 0.6 is 0 Å². The van der Waals surface area contributed by atoms with Gasteiger partial charge >= 0.3 is 0 Å². The summed E-state index contributed by atoms with van der Waals surface area (Å²) < 4.78 is 15.7. The van der Waals surface area contributed by atoms with Gasteiger partial charge in [0.25, 0.3) is 0 Å². The minimum Gasteiger partial charge on any atom is -0.342 e. The van der Waals surface area contributed by atoms with Gasteiger partial charge in [0.15, 0.2) is 0 Å². The third-order valence-corrected chi connectivity index (χ3v) is 4.57. The molecule has 0 N–H and O–H groups in total. The highest BCUT2D eigenvalue weighted by Gasteiger charge is 2.09. The molecule has 0 aliphatic rings. The fraction of sp³-hybridized carbons (Fsp3) is 0.0417. The van der Waals surface area contributed by atoms with E-state index < -0.39 is 0 Å². The van der Waals surface area contributed by atoms with Crippen LogP contribution in [0.3, 0.4) is 0 Å². The second kappa shape index (κ2) is 7.31. The fourth-order valence-electron chi connectivity index (χ4n) is 3.29. The van der Waals surface area contributed by atoms with E-state index in [0.717, 1.165) is 23.0 Å². The molecule has 4 aromatic rings. The summed E-state index contributed by atoms with van der Waals surface area (Å²) in [6.07, 6.45) is 3.88. The van der Waals surface area contributed by atoms with E-state index >= 15 is 0 Å². The maximum Gasteiger partial charge on any atom is 0.123 e. The van der Waals surface area contributed by atoms with Gasteiger partial charge in [0.1, 0.15) is 5.82 Å². The normalized spacial score (nSPS) is 11.5. The average Bonchev–Trinajstić information content (AvgIpc) is 3.04. The molecule has 0 unspecified atom stereocenters. The molecule has 0 saturated heterocycles. The highest BCUT2D eigenvalue weighted by molar-refractivity contribution is 5.98. The first-order valence-corrected chi connectivity index (χ1v) is 8.74. The van der Waals surface area contributed by atoms with Gasteiger partial charge in [-0.3, -0.25) is 0 Å². The number of benzene rings is 3. The molecule has 0 aliphatic carbocycles. The second-order valence-corrected chi connectivity index (χ2v) is 6.40. The first-order valence-electron chi connectivity index (χ1n) is 8.74. The summed E-state index contributed by atoms with van der Waals surface area (Å²) in [7, 11) is 0. The van der Waals surface area contributed by atoms with Crippen LogP contribution in [-0.4, -0.2) is 4.57 Å². The van der Waals surface area contributed by atoms with Crippen molar-refractivity contribution >= 4 is 22.6 Å². The SMILES string of the molecule is N#C/C(=C/c1cn(Cc2ccccc2)c2ccccc12)c1cccc(F)c1. The molecule has 0 aliphatic heterocycles. The summed E-state index contributed by atoms with van der Waals surface area (Å²) in [6.45, 7) is 0.747. The number of fused-ring (bicyclic) bond motifs is 1. The van der Waals surface area contributed by atoms with E-state index in [1.165, 1.54) is 17.7 Å². The molecule has 0 saturated carbocycles. The van der Waals surface area contributed by atoms with Gasteiger partial charge in [-0.25, -0.2) is 4.39 Å². The first-order chi connectivity index (χ1) is 13.2. The van der Waals surface area contributed by atoms with Gasteiger partial charge in [-0.2, -0.15) is 5.26 Å². The van der Waals surface area contributed by atoms with Crippen LogP contribution in [0.15, 0.2) is 85.1 Å². The van der Waals surface area contributed by atoms with E-state index in [1.807, 2.05) is 48.7 Å². The fourth-order valence-corrected chi connectivity index (χ4v) is 3.29. The monoisotopic (exact) mass is 352 g/mol. The zero-order valence-corrected chi connectivity index (χ0v) is 14.6. The molecule has 27 heavy (non-hydrogen) atoms. The second-order valence-electron chi connectivity index (χ2n) is 6.40. The molecule has 3 heteroatoms. The van der Waals surface area contributed by atoms with Gasteiger partial charge in [0.05, 0.1) is 11.6 Å². The Morgan fingerprint density at radius 3 is 2.52 bits per heavy atom. The van der Waals surface area contributed by atoms with Crippen LogP contribution in [0.5, 0.6) is 0 Å². The molecule has 1 aromatic heterocycles. The van der Waals surface area contributed by atoms with Crippen molar-refractivity contribution in [3.05, 3.63) is 108 Å². The van der Waals surface area contributed by atoms with Gasteiger partial charge in [0, 0.05) is 29.2 Å². The highest BCUT2D eigenvalue weighted by Crippen LogP contribution is 2.27. The highest BCUT2D eigenvalue weighted by atomic mass is 19.1. The molecule has 0 bridgehead atoms. The lowest BCUT2D eigenvalue weighted by Crippen LogP contribution is -1.97. The van der Waals surface area contributed by atoms with Crippen molar-refractivity contribution < 1.29 is 4.39 Å². The summed E-state index contributed by atoms with van der Waals surface area (Å²) in [6, 6.07) is 26.7. The van der Waals surface area contributed by atoms with E-state index in [0.29, 0.717) is 11.1 Å². The third kappa shape index (κ3) is 3.51. The zero-order chi connectivity index (χ0) is 18.6. The number of nitrogens with zero attached hydrogens (tertiary/aromatic N) is 2. The van der Waals surface area contributed by atoms with Gasteiger partial charge in [-0.15, -0.1) is 0 Å². The molecule has 0 radical (unpaired) electrons. The third-order valence-electron chi connectivity index (χ3n) is 4.57. The van der Waals surface area contributed by atoms with Gasteiger partial charge in [0.2, 0.25) is 0 Å². The van der Waals surface area contributed by atoms with Crippen molar-refractivity contribution in [2.24, 2.45) is 0 Å². The molecule has 0 atom stereocenters. The van der Waals surface area contributed by atoms with Crippen molar-refractivity contribution in [2.75, 3.05) is 0 Å². The number of hydrogen-bond acceptors (Lipinski definition) is 1. The predicted molar refractivity (Wildman–Crippen MR) is 107 cm³/mol. The summed E-state index contributed by atoms with van der Waals surface area (Å²) in [5.74, 6) is -0.347. The summed E-state index contributed by atoms with van der Waals surface area (Å²) in [5, 5.41) is 10.7. The molecular weight excluding hydrogens is 335 g/mol. The predicted octanol–water partition coefficient (Wildman–Crippen LogP) is 5.89. The van der Waals surface area contributed by atoms with E-state index in [2.05, 4.69) is 28.8 Å². The van der Waals surface area contributed by atoms with Crippen LogP contribution in [0.1, 0.15) is 16.7 Å². The summed E-state index contributed by atoms with van der Waals surface area (Å²) in [5.41, 5.74) is 4.28. The summed E-state index contributed by atoms with van der Waals surface area (Å²) >= 11 is 0. The van der Waals surface area contributed by atoms with Crippen molar-refractivity contribution in [3.63, 3.8) is 0 Å². The Hall–Kier alpha value is -3.64. The lowest BCUT2D eigenvalue weighted by Gasteiger charge is -2.05. The van der Waals surface area contributed by atoms with Crippen molar-refractivity contribution in [1.82, 2.24) is 4.57 Å². The molecule has 3 aromatic carbocycles. The molecule has 2 nitrogen and oxygen atoms in total. The zero-order valence-electron chi connectivity index (χ0n) is 14.6. The van der Waals surface area contributed by atoms with Crippen LogP contribution in [0, 0.1) is 17.1 Å². The molecule has 0 spiro atoms. The number of para-hydroxylation sites is 1. The standard InChI is InChI=1S/C24H17FN2/c25-22-10-6-9-19(14-22)20(15-26)13-21-17-27(16-18-7-2-1-3-8-18)24-12-5-4-11-23(21)24/h1-14,17H,16H2/b20-13-. The Kier molecular flexibility index (Phi) is 4.55. The largest absolute Gasteiger partial charge is 0.342 e. The van der Waals surface area contributed by atoms with E-state index in [1.54, 1.807) is 12.1 Å². The van der Waals surface area contributed by atoms with Crippen molar-refractivity contribution in [3.8, 4) is 6.07 Å². The van der Waals surface area contributed by atoms with E-state index in [9.17, 15) is 9.65 Å². The first kappa shape index (κ1) is 16.8. The van der Waals surface area contributed by atoms with Crippen LogP contribution in [0.4, 0.5) is 4.39 Å². The van der Waals surface area contributed by atoms with Crippen molar-refractivity contribution in [1.29, 1.82) is 5.26 Å². The molecule has 4 rings (SSSR count). The summed E-state index contributed by atoms with van der Waals surface area (Å²) in [4.78, 5) is 0. The Bertz CT molecular complexity index is 1160. The number of nitriles is 1. The quantitative estimate of drug-likeness (QED) is 0.421. The van der Waals surface area contributed by atoms with E-state index in [-0.39, 0.29) is 5.82 Å². The Labute approximate surface area is 157 Å². The van der Waals surface area contributed by atoms with Crippen molar-refractivity contribution in [2.45, 2.75) is 6.54 Å².